The number of benzene rings is 1. The molecule has 1 fully saturated rings. The number of hydrogen-bond donors (Lipinski definition) is 2. The Hall–Kier alpha value is -0.900. The van der Waals surface area contributed by atoms with Crippen LogP contribution in [0.3, 0.4) is 0 Å². The van der Waals surface area contributed by atoms with E-state index in [1.807, 2.05) is 12.1 Å². The van der Waals surface area contributed by atoms with Crippen LogP contribution in [0.2, 0.25) is 0 Å². The molecule has 2 rings (SSSR count). The van der Waals surface area contributed by atoms with E-state index in [2.05, 4.69) is 24.4 Å². The number of aliphatic hydroxyl groups excluding tert-OH is 1. The Kier molecular flexibility index (Phi) is 5.83. The van der Waals surface area contributed by atoms with Crippen LogP contribution in [-0.4, -0.2) is 23.9 Å². The minimum atomic E-state index is 0.115. The van der Waals surface area contributed by atoms with Gasteiger partial charge in [-0.2, -0.15) is 0 Å². The summed E-state index contributed by atoms with van der Waals surface area (Å²) in [6, 6.07) is 8.69. The van der Waals surface area contributed by atoms with Crippen molar-refractivity contribution in [2.24, 2.45) is 0 Å². The molecule has 1 aliphatic rings. The second kappa shape index (κ2) is 7.63. The summed E-state index contributed by atoms with van der Waals surface area (Å²) in [5.41, 5.74) is 2.22. The molecule has 0 radical (unpaired) electrons. The average Bonchev–Trinajstić information content (AvgIpc) is 2.46. The maximum atomic E-state index is 9.14. The van der Waals surface area contributed by atoms with Crippen LogP contribution in [-0.2, 0) is 17.9 Å². The van der Waals surface area contributed by atoms with Gasteiger partial charge in [-0.15, -0.1) is 0 Å². The first-order valence-corrected chi connectivity index (χ1v) is 7.35. The molecule has 0 aromatic heterocycles. The van der Waals surface area contributed by atoms with Crippen LogP contribution >= 0.6 is 0 Å². The summed E-state index contributed by atoms with van der Waals surface area (Å²) in [5, 5.41) is 12.8. The van der Waals surface area contributed by atoms with Crippen LogP contribution < -0.4 is 5.32 Å². The molecule has 106 valence electrons. The topological polar surface area (TPSA) is 41.5 Å². The molecule has 1 aromatic rings. The van der Waals surface area contributed by atoms with Gasteiger partial charge in [-0.25, -0.2) is 0 Å². The molecule has 2 atom stereocenters. The molecule has 0 bridgehead atoms. The van der Waals surface area contributed by atoms with Crippen LogP contribution in [0.4, 0.5) is 0 Å². The lowest BCUT2D eigenvalue weighted by Crippen LogP contribution is -2.38. The van der Waals surface area contributed by atoms with Gasteiger partial charge in [-0.3, -0.25) is 0 Å². The van der Waals surface area contributed by atoms with E-state index in [9.17, 15) is 0 Å². The molecule has 19 heavy (non-hydrogen) atoms. The summed E-state index contributed by atoms with van der Waals surface area (Å²) < 4.78 is 5.76. The van der Waals surface area contributed by atoms with Gasteiger partial charge in [0.05, 0.1) is 12.7 Å². The zero-order valence-electron chi connectivity index (χ0n) is 11.8. The monoisotopic (exact) mass is 263 g/mol. The fourth-order valence-electron chi connectivity index (χ4n) is 2.69. The summed E-state index contributed by atoms with van der Waals surface area (Å²) >= 11 is 0. The summed E-state index contributed by atoms with van der Waals surface area (Å²) in [7, 11) is 0. The van der Waals surface area contributed by atoms with Crippen molar-refractivity contribution in [3.8, 4) is 0 Å². The highest BCUT2D eigenvalue weighted by molar-refractivity contribution is 5.22. The number of aliphatic hydroxyl groups is 1. The molecule has 1 heterocycles. The minimum absolute atomic E-state index is 0.115. The fourth-order valence-corrected chi connectivity index (χ4v) is 2.69. The van der Waals surface area contributed by atoms with E-state index < -0.39 is 0 Å². The van der Waals surface area contributed by atoms with E-state index in [0.717, 1.165) is 38.0 Å². The molecule has 0 amide bonds. The molecule has 0 aliphatic carbocycles. The Labute approximate surface area is 116 Å². The standard InChI is InChI=1S/C16H25NO2/c1-2-4-16-10-15(7-8-19-16)17-11-13-5-3-6-14(9-13)12-18/h3,5-6,9,15-18H,2,4,7-8,10-12H2,1H3. The van der Waals surface area contributed by atoms with E-state index in [1.54, 1.807) is 0 Å². The van der Waals surface area contributed by atoms with Crippen molar-refractivity contribution in [2.75, 3.05) is 6.61 Å². The minimum Gasteiger partial charge on any atom is -0.392 e. The van der Waals surface area contributed by atoms with E-state index in [-0.39, 0.29) is 6.61 Å². The molecule has 2 unspecified atom stereocenters. The third-order valence-corrected chi connectivity index (χ3v) is 3.75. The molecular weight excluding hydrogens is 238 g/mol. The summed E-state index contributed by atoms with van der Waals surface area (Å²) in [6.45, 7) is 4.07. The lowest BCUT2D eigenvalue weighted by Gasteiger charge is -2.30. The van der Waals surface area contributed by atoms with Gasteiger partial charge < -0.3 is 15.2 Å². The van der Waals surface area contributed by atoms with Gasteiger partial charge in [0.15, 0.2) is 0 Å². The first-order valence-electron chi connectivity index (χ1n) is 7.35. The van der Waals surface area contributed by atoms with Crippen molar-refractivity contribution in [3.63, 3.8) is 0 Å². The van der Waals surface area contributed by atoms with Gasteiger partial charge in [0.2, 0.25) is 0 Å². The quantitative estimate of drug-likeness (QED) is 0.829. The Bertz CT molecular complexity index is 379. The molecule has 0 spiro atoms. The fraction of sp³-hybridized carbons (Fsp3) is 0.625. The Morgan fingerprint density at radius 1 is 1.37 bits per heavy atom. The van der Waals surface area contributed by atoms with Crippen molar-refractivity contribution >= 4 is 0 Å². The molecule has 0 saturated carbocycles. The molecule has 3 nitrogen and oxygen atoms in total. The van der Waals surface area contributed by atoms with Gasteiger partial charge in [-0.05, 0) is 30.4 Å². The van der Waals surface area contributed by atoms with Gasteiger partial charge >= 0.3 is 0 Å². The number of ether oxygens (including phenoxy) is 1. The molecular formula is C16H25NO2. The van der Waals surface area contributed by atoms with Crippen LogP contribution in [0.1, 0.15) is 43.7 Å². The molecule has 1 saturated heterocycles. The van der Waals surface area contributed by atoms with Gasteiger partial charge in [0.1, 0.15) is 0 Å². The van der Waals surface area contributed by atoms with Crippen molar-refractivity contribution in [1.29, 1.82) is 0 Å². The third kappa shape index (κ3) is 4.60. The van der Waals surface area contributed by atoms with Crippen molar-refractivity contribution in [1.82, 2.24) is 5.32 Å². The normalized spacial score (nSPS) is 23.5. The average molecular weight is 263 g/mol. The first-order chi connectivity index (χ1) is 9.31. The third-order valence-electron chi connectivity index (χ3n) is 3.75. The predicted octanol–water partition coefficient (Wildman–Crippen LogP) is 2.62. The highest BCUT2D eigenvalue weighted by atomic mass is 16.5. The van der Waals surface area contributed by atoms with Crippen LogP contribution in [0.25, 0.3) is 0 Å². The van der Waals surface area contributed by atoms with Crippen LogP contribution in [0, 0.1) is 0 Å². The summed E-state index contributed by atoms with van der Waals surface area (Å²) in [4.78, 5) is 0. The van der Waals surface area contributed by atoms with Crippen LogP contribution in [0.15, 0.2) is 24.3 Å². The largest absolute Gasteiger partial charge is 0.392 e. The summed E-state index contributed by atoms with van der Waals surface area (Å²) in [6.07, 6.45) is 5.00. The maximum absolute atomic E-state index is 9.14. The van der Waals surface area contributed by atoms with Gasteiger partial charge in [-0.1, -0.05) is 37.6 Å². The zero-order chi connectivity index (χ0) is 13.5. The summed E-state index contributed by atoms with van der Waals surface area (Å²) in [5.74, 6) is 0. The predicted molar refractivity (Wildman–Crippen MR) is 76.9 cm³/mol. The Morgan fingerprint density at radius 2 is 2.21 bits per heavy atom. The highest BCUT2D eigenvalue weighted by Crippen LogP contribution is 2.18. The highest BCUT2D eigenvalue weighted by Gasteiger charge is 2.21. The van der Waals surface area contributed by atoms with E-state index in [4.69, 9.17) is 9.84 Å². The van der Waals surface area contributed by atoms with Crippen LogP contribution in [0.5, 0.6) is 0 Å². The smallest absolute Gasteiger partial charge is 0.0681 e. The van der Waals surface area contributed by atoms with E-state index in [0.29, 0.717) is 12.1 Å². The molecule has 1 aromatic carbocycles. The first kappa shape index (κ1) is 14.5. The SMILES string of the molecule is CCCC1CC(NCc2cccc(CO)c2)CCO1. The Balaban J connectivity index is 1.80. The lowest BCUT2D eigenvalue weighted by atomic mass is 10.00. The Morgan fingerprint density at radius 3 is 3.00 bits per heavy atom. The van der Waals surface area contributed by atoms with Gasteiger partial charge in [0.25, 0.3) is 0 Å². The molecule has 1 aliphatic heterocycles. The van der Waals surface area contributed by atoms with Gasteiger partial charge in [0, 0.05) is 19.2 Å². The number of rotatable bonds is 6. The van der Waals surface area contributed by atoms with E-state index >= 15 is 0 Å². The van der Waals surface area contributed by atoms with Crippen molar-refractivity contribution in [2.45, 2.75) is 57.9 Å². The maximum Gasteiger partial charge on any atom is 0.0681 e. The van der Waals surface area contributed by atoms with E-state index in [1.165, 1.54) is 12.0 Å². The number of nitrogens with one attached hydrogen (secondary N) is 1. The molecule has 2 N–H and O–H groups in total. The second-order valence-corrected chi connectivity index (χ2v) is 5.36. The molecule has 3 heteroatoms. The zero-order valence-corrected chi connectivity index (χ0v) is 11.8. The van der Waals surface area contributed by atoms with Crippen molar-refractivity contribution in [3.05, 3.63) is 35.4 Å². The van der Waals surface area contributed by atoms with Crippen molar-refractivity contribution < 1.29 is 9.84 Å². The number of hydrogen-bond acceptors (Lipinski definition) is 3. The lowest BCUT2D eigenvalue weighted by molar-refractivity contribution is -0.00342. The second-order valence-electron chi connectivity index (χ2n) is 5.36.